The van der Waals surface area contributed by atoms with Crippen molar-refractivity contribution in [3.05, 3.63) is 71.8 Å². The lowest BCUT2D eigenvalue weighted by Gasteiger charge is -2.30. The van der Waals surface area contributed by atoms with E-state index in [1.54, 1.807) is 6.33 Å². The number of hydrogen-bond donors (Lipinski definition) is 0. The van der Waals surface area contributed by atoms with Gasteiger partial charge in [-0.05, 0) is 74.7 Å². The van der Waals surface area contributed by atoms with Crippen molar-refractivity contribution in [3.63, 3.8) is 0 Å². The predicted molar refractivity (Wildman–Crippen MR) is 104 cm³/mol. The minimum Gasteiger partial charge on any atom is -0.484 e. The first-order chi connectivity index (χ1) is 13.3. The van der Waals surface area contributed by atoms with E-state index in [0.29, 0.717) is 6.04 Å². The minimum absolute atomic E-state index is 0.0989. The van der Waals surface area contributed by atoms with Gasteiger partial charge in [0.1, 0.15) is 24.0 Å². The number of fused-ring (bicyclic) bond motifs is 1. The van der Waals surface area contributed by atoms with Gasteiger partial charge in [0.05, 0.1) is 6.04 Å². The summed E-state index contributed by atoms with van der Waals surface area (Å²) >= 11 is 0. The fraction of sp³-hybridized carbons (Fsp3) is 0.364. The molecule has 3 aromatic rings. The predicted octanol–water partition coefficient (Wildman–Crippen LogP) is 3.72. The molecule has 5 rings (SSSR count). The van der Waals surface area contributed by atoms with Crippen LogP contribution in [0.25, 0.3) is 5.69 Å². The van der Waals surface area contributed by atoms with Gasteiger partial charge in [0.25, 0.3) is 0 Å². The molecular formula is C22H24N4O. The molecule has 1 aliphatic carbocycles. The number of benzene rings is 2. The van der Waals surface area contributed by atoms with Crippen LogP contribution in [-0.4, -0.2) is 38.8 Å². The summed E-state index contributed by atoms with van der Waals surface area (Å²) < 4.78 is 8.52. The number of nitrogens with zero attached hydrogens (tertiary/aromatic N) is 4. The SMILES string of the molecule is Cc1nncn1-c1ccc(O[C@H]2c3ccccc3C[C@@H]2N2CCCC2)cc1. The molecule has 1 saturated heterocycles. The molecule has 1 aliphatic heterocycles. The molecule has 1 fully saturated rings. The van der Waals surface area contributed by atoms with Crippen molar-refractivity contribution >= 4 is 0 Å². The zero-order valence-corrected chi connectivity index (χ0v) is 15.6. The van der Waals surface area contributed by atoms with Gasteiger partial charge in [-0.15, -0.1) is 10.2 Å². The minimum atomic E-state index is 0.0989. The third kappa shape index (κ3) is 3.02. The van der Waals surface area contributed by atoms with Gasteiger partial charge in [-0.2, -0.15) is 0 Å². The molecule has 0 N–H and O–H groups in total. The third-order valence-corrected chi connectivity index (χ3v) is 5.85. The van der Waals surface area contributed by atoms with Crippen LogP contribution in [0.15, 0.2) is 54.9 Å². The average Bonchev–Trinajstić information content (AvgIpc) is 3.43. The topological polar surface area (TPSA) is 43.2 Å². The zero-order chi connectivity index (χ0) is 18.2. The summed E-state index contributed by atoms with van der Waals surface area (Å²) in [6, 6.07) is 17.4. The maximum absolute atomic E-state index is 6.55. The van der Waals surface area contributed by atoms with Gasteiger partial charge in [-0.1, -0.05) is 24.3 Å². The Morgan fingerprint density at radius 2 is 1.78 bits per heavy atom. The van der Waals surface area contributed by atoms with Crippen LogP contribution in [0.4, 0.5) is 0 Å². The summed E-state index contributed by atoms with van der Waals surface area (Å²) in [4.78, 5) is 2.61. The Balaban J connectivity index is 1.41. The van der Waals surface area contributed by atoms with Crippen LogP contribution in [0, 0.1) is 6.92 Å². The van der Waals surface area contributed by atoms with Crippen molar-refractivity contribution in [2.24, 2.45) is 0 Å². The second-order valence-electron chi connectivity index (χ2n) is 7.49. The van der Waals surface area contributed by atoms with Gasteiger partial charge in [0.2, 0.25) is 0 Å². The summed E-state index contributed by atoms with van der Waals surface area (Å²) in [5.41, 5.74) is 3.82. The molecule has 5 heteroatoms. The maximum atomic E-state index is 6.55. The number of aryl methyl sites for hydroxylation is 1. The van der Waals surface area contributed by atoms with E-state index < -0.39 is 0 Å². The molecule has 5 nitrogen and oxygen atoms in total. The molecule has 138 valence electrons. The van der Waals surface area contributed by atoms with Gasteiger partial charge in [0, 0.05) is 5.69 Å². The molecule has 2 heterocycles. The van der Waals surface area contributed by atoms with Crippen molar-refractivity contribution in [2.75, 3.05) is 13.1 Å². The standard InChI is InChI=1S/C22H24N4O/c1-16-24-23-15-26(16)18-8-10-19(11-9-18)27-22-20-7-3-2-6-17(20)14-21(22)25-12-4-5-13-25/h2-3,6-11,15,21-22H,4-5,12-14H2,1H3/t21-,22-/m0/s1. The number of rotatable bonds is 4. The van der Waals surface area contributed by atoms with Gasteiger partial charge in [-0.3, -0.25) is 9.47 Å². The third-order valence-electron chi connectivity index (χ3n) is 5.85. The molecule has 2 aliphatic rings. The highest BCUT2D eigenvalue weighted by Gasteiger charge is 2.38. The molecule has 0 radical (unpaired) electrons. The first kappa shape index (κ1) is 16.5. The van der Waals surface area contributed by atoms with E-state index in [9.17, 15) is 0 Å². The monoisotopic (exact) mass is 360 g/mol. The van der Waals surface area contributed by atoms with E-state index in [0.717, 1.165) is 23.7 Å². The Hall–Kier alpha value is -2.66. The van der Waals surface area contributed by atoms with Crippen LogP contribution in [0.3, 0.4) is 0 Å². The van der Waals surface area contributed by atoms with E-state index >= 15 is 0 Å². The Morgan fingerprint density at radius 1 is 1.00 bits per heavy atom. The van der Waals surface area contributed by atoms with E-state index in [1.807, 2.05) is 11.5 Å². The highest BCUT2D eigenvalue weighted by molar-refractivity contribution is 5.40. The van der Waals surface area contributed by atoms with Crippen LogP contribution in [-0.2, 0) is 6.42 Å². The summed E-state index contributed by atoms with van der Waals surface area (Å²) in [5, 5.41) is 8.01. The maximum Gasteiger partial charge on any atom is 0.140 e. The Kier molecular flexibility index (Phi) is 4.17. The molecule has 0 spiro atoms. The van der Waals surface area contributed by atoms with E-state index in [-0.39, 0.29) is 6.10 Å². The molecular weight excluding hydrogens is 336 g/mol. The lowest BCUT2D eigenvalue weighted by atomic mass is 10.1. The van der Waals surface area contributed by atoms with Gasteiger partial charge < -0.3 is 4.74 Å². The van der Waals surface area contributed by atoms with Crippen molar-refractivity contribution < 1.29 is 4.74 Å². The van der Waals surface area contributed by atoms with Crippen molar-refractivity contribution in [1.82, 2.24) is 19.7 Å². The van der Waals surface area contributed by atoms with Crippen molar-refractivity contribution in [3.8, 4) is 11.4 Å². The van der Waals surface area contributed by atoms with Crippen LogP contribution in [0.5, 0.6) is 5.75 Å². The van der Waals surface area contributed by atoms with Gasteiger partial charge >= 0.3 is 0 Å². The summed E-state index contributed by atoms with van der Waals surface area (Å²) in [6.45, 7) is 4.32. The first-order valence-electron chi connectivity index (χ1n) is 9.75. The van der Waals surface area contributed by atoms with Crippen molar-refractivity contribution in [2.45, 2.75) is 38.3 Å². The van der Waals surface area contributed by atoms with E-state index in [1.165, 1.54) is 37.1 Å². The fourth-order valence-electron chi connectivity index (χ4n) is 4.45. The van der Waals surface area contributed by atoms with Crippen molar-refractivity contribution in [1.29, 1.82) is 0 Å². The summed E-state index contributed by atoms with van der Waals surface area (Å²) in [6.07, 6.45) is 5.52. The van der Waals surface area contributed by atoms with Gasteiger partial charge in [0.15, 0.2) is 0 Å². The van der Waals surface area contributed by atoms with E-state index in [2.05, 4.69) is 63.6 Å². The zero-order valence-electron chi connectivity index (χ0n) is 15.6. The quantitative estimate of drug-likeness (QED) is 0.711. The number of likely N-dealkylation sites (tertiary alicyclic amines) is 1. The normalized spacial score (nSPS) is 22.1. The Bertz CT molecular complexity index is 927. The number of ether oxygens (including phenoxy) is 1. The summed E-state index contributed by atoms with van der Waals surface area (Å²) in [7, 11) is 0. The summed E-state index contributed by atoms with van der Waals surface area (Å²) in [5.74, 6) is 1.79. The Labute approximate surface area is 159 Å². The second-order valence-corrected chi connectivity index (χ2v) is 7.49. The second kappa shape index (κ2) is 6.82. The highest BCUT2D eigenvalue weighted by atomic mass is 16.5. The van der Waals surface area contributed by atoms with Gasteiger partial charge in [-0.25, -0.2) is 0 Å². The first-order valence-corrected chi connectivity index (χ1v) is 9.75. The molecule has 0 amide bonds. The average molecular weight is 360 g/mol. The number of aromatic nitrogens is 3. The lowest BCUT2D eigenvalue weighted by molar-refractivity contribution is 0.0941. The Morgan fingerprint density at radius 3 is 2.52 bits per heavy atom. The smallest absolute Gasteiger partial charge is 0.140 e. The van der Waals surface area contributed by atoms with Crippen LogP contribution in [0.1, 0.15) is 35.9 Å². The molecule has 0 saturated carbocycles. The highest BCUT2D eigenvalue weighted by Crippen LogP contribution is 2.39. The lowest BCUT2D eigenvalue weighted by Crippen LogP contribution is -2.38. The molecule has 2 aromatic carbocycles. The molecule has 0 unspecified atom stereocenters. The largest absolute Gasteiger partial charge is 0.484 e. The molecule has 27 heavy (non-hydrogen) atoms. The molecule has 2 atom stereocenters. The van der Waals surface area contributed by atoms with Crippen LogP contribution >= 0.6 is 0 Å². The fourth-order valence-corrected chi connectivity index (χ4v) is 4.45. The van der Waals surface area contributed by atoms with Crippen LogP contribution in [0.2, 0.25) is 0 Å². The van der Waals surface area contributed by atoms with E-state index in [4.69, 9.17) is 4.74 Å². The number of hydrogen-bond acceptors (Lipinski definition) is 4. The molecule has 0 bridgehead atoms. The van der Waals surface area contributed by atoms with Crippen LogP contribution < -0.4 is 4.74 Å². The molecule has 1 aromatic heterocycles.